The number of hydrogen-bond donors (Lipinski definition) is 1. The van der Waals surface area contributed by atoms with Gasteiger partial charge in [-0.15, -0.1) is 0 Å². The smallest absolute Gasteiger partial charge is 0.225 e. The third-order valence-corrected chi connectivity index (χ3v) is 5.52. The van der Waals surface area contributed by atoms with Gasteiger partial charge in [0, 0.05) is 25.6 Å². The van der Waals surface area contributed by atoms with Crippen molar-refractivity contribution in [3.05, 3.63) is 0 Å². The topological polar surface area (TPSA) is 83.6 Å². The molecule has 2 rings (SSSR count). The molecule has 2 heterocycles. The molecule has 20 heavy (non-hydrogen) atoms. The molecule has 2 atom stereocenters. The Morgan fingerprint density at radius 2 is 2.15 bits per heavy atom. The van der Waals surface area contributed by atoms with E-state index < -0.39 is 9.84 Å². The average Bonchev–Trinajstić information content (AvgIpc) is 2.82. The Hall–Kier alpha value is -1.11. The zero-order valence-electron chi connectivity index (χ0n) is 12.0. The van der Waals surface area contributed by atoms with Gasteiger partial charge in [-0.05, 0) is 12.3 Å². The molecular weight excluding hydrogens is 280 g/mol. The minimum absolute atomic E-state index is 0.0119. The van der Waals surface area contributed by atoms with Crippen LogP contribution in [-0.4, -0.2) is 55.8 Å². The van der Waals surface area contributed by atoms with Crippen LogP contribution in [0, 0.1) is 11.8 Å². The second-order valence-corrected chi connectivity index (χ2v) is 8.43. The van der Waals surface area contributed by atoms with Crippen LogP contribution in [0.25, 0.3) is 0 Å². The van der Waals surface area contributed by atoms with Crippen LogP contribution in [0.15, 0.2) is 0 Å². The zero-order valence-corrected chi connectivity index (χ0v) is 12.8. The van der Waals surface area contributed by atoms with E-state index in [1.807, 2.05) is 13.8 Å². The summed E-state index contributed by atoms with van der Waals surface area (Å²) in [7, 11) is -2.99. The van der Waals surface area contributed by atoms with Gasteiger partial charge in [-0.25, -0.2) is 8.42 Å². The van der Waals surface area contributed by atoms with E-state index in [4.69, 9.17) is 0 Å². The minimum Gasteiger partial charge on any atom is -0.352 e. The van der Waals surface area contributed by atoms with Crippen LogP contribution in [-0.2, 0) is 19.4 Å². The lowest BCUT2D eigenvalue weighted by Gasteiger charge is -2.19. The van der Waals surface area contributed by atoms with Crippen molar-refractivity contribution < 1.29 is 18.0 Å². The van der Waals surface area contributed by atoms with Crippen LogP contribution >= 0.6 is 0 Å². The van der Waals surface area contributed by atoms with Crippen LogP contribution in [0.1, 0.15) is 26.7 Å². The summed E-state index contributed by atoms with van der Waals surface area (Å²) in [5, 5.41) is 2.77. The molecule has 0 aromatic heterocycles. The van der Waals surface area contributed by atoms with Crippen molar-refractivity contribution in [3.63, 3.8) is 0 Å². The molecule has 7 heteroatoms. The number of nitrogens with zero attached hydrogens (tertiary/aromatic N) is 1. The molecule has 0 aromatic carbocycles. The van der Waals surface area contributed by atoms with Crippen molar-refractivity contribution in [2.45, 2.75) is 32.7 Å². The summed E-state index contributed by atoms with van der Waals surface area (Å²) in [6.45, 7) is 5.18. The molecule has 2 fully saturated rings. The number of carbonyl (C=O) groups excluding carboxylic acids is 2. The molecule has 2 unspecified atom stereocenters. The van der Waals surface area contributed by atoms with E-state index in [0.29, 0.717) is 25.4 Å². The lowest BCUT2D eigenvalue weighted by molar-refractivity contribution is -0.129. The lowest BCUT2D eigenvalue weighted by atomic mass is 10.1. The van der Waals surface area contributed by atoms with Gasteiger partial charge in [0.2, 0.25) is 11.8 Å². The third kappa shape index (κ3) is 3.71. The van der Waals surface area contributed by atoms with Crippen molar-refractivity contribution in [3.8, 4) is 0 Å². The molecule has 0 aromatic rings. The largest absolute Gasteiger partial charge is 0.352 e. The van der Waals surface area contributed by atoms with Gasteiger partial charge in [0.15, 0.2) is 9.84 Å². The highest BCUT2D eigenvalue weighted by molar-refractivity contribution is 7.91. The quantitative estimate of drug-likeness (QED) is 0.779. The van der Waals surface area contributed by atoms with E-state index in [0.717, 1.165) is 0 Å². The first-order chi connectivity index (χ1) is 9.27. The first-order valence-electron chi connectivity index (χ1n) is 7.05. The van der Waals surface area contributed by atoms with E-state index in [2.05, 4.69) is 5.32 Å². The highest BCUT2D eigenvalue weighted by atomic mass is 32.2. The fourth-order valence-electron chi connectivity index (χ4n) is 2.79. The second-order valence-electron chi connectivity index (χ2n) is 6.20. The van der Waals surface area contributed by atoms with Crippen molar-refractivity contribution in [2.75, 3.05) is 24.6 Å². The van der Waals surface area contributed by atoms with Crippen molar-refractivity contribution in [1.82, 2.24) is 10.2 Å². The predicted molar refractivity (Wildman–Crippen MR) is 74.7 cm³/mol. The summed E-state index contributed by atoms with van der Waals surface area (Å²) in [4.78, 5) is 25.6. The SMILES string of the molecule is CC(C)CN1CC(C(=O)NC2CCS(=O)(=O)C2)CC1=O. The van der Waals surface area contributed by atoms with Crippen molar-refractivity contribution >= 4 is 21.7 Å². The van der Waals surface area contributed by atoms with Crippen LogP contribution in [0.2, 0.25) is 0 Å². The van der Waals surface area contributed by atoms with E-state index in [-0.39, 0.29) is 41.7 Å². The molecule has 0 saturated carbocycles. The maximum absolute atomic E-state index is 12.1. The Kier molecular flexibility index (Phi) is 4.36. The Morgan fingerprint density at radius 1 is 1.45 bits per heavy atom. The van der Waals surface area contributed by atoms with E-state index >= 15 is 0 Å². The number of carbonyl (C=O) groups is 2. The number of hydrogen-bond acceptors (Lipinski definition) is 4. The standard InChI is InChI=1S/C13H22N2O4S/c1-9(2)6-15-7-10(5-12(15)16)13(17)14-11-3-4-20(18,19)8-11/h9-11H,3-8H2,1-2H3,(H,14,17). The molecule has 6 nitrogen and oxygen atoms in total. The molecule has 2 aliphatic heterocycles. The van der Waals surface area contributed by atoms with E-state index in [1.165, 1.54) is 0 Å². The average molecular weight is 302 g/mol. The van der Waals surface area contributed by atoms with Gasteiger partial charge in [0.1, 0.15) is 0 Å². The molecule has 0 bridgehead atoms. The highest BCUT2D eigenvalue weighted by Gasteiger charge is 2.36. The number of rotatable bonds is 4. The fraction of sp³-hybridized carbons (Fsp3) is 0.846. The van der Waals surface area contributed by atoms with Gasteiger partial charge in [-0.1, -0.05) is 13.8 Å². The normalized spacial score (nSPS) is 29.1. The van der Waals surface area contributed by atoms with Gasteiger partial charge >= 0.3 is 0 Å². The maximum atomic E-state index is 12.1. The van der Waals surface area contributed by atoms with Crippen LogP contribution < -0.4 is 5.32 Å². The number of sulfone groups is 1. The number of likely N-dealkylation sites (tertiary alicyclic amines) is 1. The number of nitrogens with one attached hydrogen (secondary N) is 1. The molecular formula is C13H22N2O4S. The molecule has 0 radical (unpaired) electrons. The Labute approximate surface area is 119 Å². The van der Waals surface area contributed by atoms with Gasteiger partial charge in [-0.2, -0.15) is 0 Å². The monoisotopic (exact) mass is 302 g/mol. The first-order valence-corrected chi connectivity index (χ1v) is 8.87. The zero-order chi connectivity index (χ0) is 14.9. The van der Waals surface area contributed by atoms with Gasteiger partial charge in [0.25, 0.3) is 0 Å². The lowest BCUT2D eigenvalue weighted by Crippen LogP contribution is -2.40. The number of amides is 2. The summed E-state index contributed by atoms with van der Waals surface area (Å²) in [5.41, 5.74) is 0. The summed E-state index contributed by atoms with van der Waals surface area (Å²) < 4.78 is 22.7. The second kappa shape index (κ2) is 5.71. The fourth-order valence-corrected chi connectivity index (χ4v) is 4.47. The molecule has 1 N–H and O–H groups in total. The van der Waals surface area contributed by atoms with E-state index in [1.54, 1.807) is 4.90 Å². The maximum Gasteiger partial charge on any atom is 0.225 e. The van der Waals surface area contributed by atoms with Crippen LogP contribution in [0.5, 0.6) is 0 Å². The van der Waals surface area contributed by atoms with E-state index in [9.17, 15) is 18.0 Å². The summed E-state index contributed by atoms with van der Waals surface area (Å²) >= 11 is 0. The Bertz CT molecular complexity index is 501. The Morgan fingerprint density at radius 3 is 2.70 bits per heavy atom. The van der Waals surface area contributed by atoms with Gasteiger partial charge < -0.3 is 10.2 Å². The highest BCUT2D eigenvalue weighted by Crippen LogP contribution is 2.20. The minimum atomic E-state index is -2.99. The van der Waals surface area contributed by atoms with Gasteiger partial charge in [0.05, 0.1) is 17.4 Å². The molecule has 0 aliphatic carbocycles. The first kappa shape index (κ1) is 15.3. The molecule has 2 aliphatic rings. The summed E-state index contributed by atoms with van der Waals surface area (Å²) in [6, 6.07) is -0.290. The molecule has 0 spiro atoms. The van der Waals surface area contributed by atoms with Crippen molar-refractivity contribution in [1.29, 1.82) is 0 Å². The molecule has 2 amide bonds. The Balaban J connectivity index is 1.87. The third-order valence-electron chi connectivity index (χ3n) is 3.75. The summed E-state index contributed by atoms with van der Waals surface area (Å²) in [5.74, 6) is 0.0192. The van der Waals surface area contributed by atoms with Crippen molar-refractivity contribution in [2.24, 2.45) is 11.8 Å². The molecule has 114 valence electrons. The summed E-state index contributed by atoms with van der Waals surface area (Å²) in [6.07, 6.45) is 0.711. The predicted octanol–water partition coefficient (Wildman–Crippen LogP) is -0.206. The van der Waals surface area contributed by atoms with Crippen LogP contribution in [0.4, 0.5) is 0 Å². The van der Waals surface area contributed by atoms with Crippen LogP contribution in [0.3, 0.4) is 0 Å². The molecule has 2 saturated heterocycles. The van der Waals surface area contributed by atoms with Gasteiger partial charge in [-0.3, -0.25) is 9.59 Å².